The van der Waals surface area contributed by atoms with Gasteiger partial charge in [-0.3, -0.25) is 0 Å². The maximum Gasteiger partial charge on any atom is 0.107 e. The standard InChI is InChI=1S/C22H26N4/c1-5-6-22-25-20-11-16(17(13(2)3)12-21(20)26-22)9-15-7-8-18-19(10-15)24-14(4)23-18/h7-8,10-13H,5-6,9H2,1-4H3,(H,23,24)(H,25,26). The van der Waals surface area contributed by atoms with E-state index in [-0.39, 0.29) is 0 Å². The number of aryl methyl sites for hydroxylation is 2. The lowest BCUT2D eigenvalue weighted by atomic mass is 9.92. The molecule has 134 valence electrons. The normalized spacial score (nSPS) is 11.9. The Labute approximate surface area is 154 Å². The quantitative estimate of drug-likeness (QED) is 0.507. The van der Waals surface area contributed by atoms with Crippen molar-refractivity contribution in [3.05, 3.63) is 58.7 Å². The Hall–Kier alpha value is -2.62. The van der Waals surface area contributed by atoms with Gasteiger partial charge in [0, 0.05) is 6.42 Å². The third-order valence-electron chi connectivity index (χ3n) is 4.96. The number of benzene rings is 2. The summed E-state index contributed by atoms with van der Waals surface area (Å²) in [4.78, 5) is 16.1. The van der Waals surface area contributed by atoms with Crippen LogP contribution in [0, 0.1) is 6.92 Å². The number of aromatic nitrogens is 4. The molecule has 4 heteroatoms. The number of fused-ring (bicyclic) bond motifs is 2. The van der Waals surface area contributed by atoms with E-state index in [4.69, 9.17) is 4.98 Å². The highest BCUT2D eigenvalue weighted by atomic mass is 14.9. The van der Waals surface area contributed by atoms with E-state index >= 15 is 0 Å². The van der Waals surface area contributed by atoms with Crippen molar-refractivity contribution in [2.45, 2.75) is 52.9 Å². The van der Waals surface area contributed by atoms with Crippen LogP contribution < -0.4 is 0 Å². The van der Waals surface area contributed by atoms with Crippen molar-refractivity contribution in [2.75, 3.05) is 0 Å². The second kappa shape index (κ2) is 6.60. The van der Waals surface area contributed by atoms with Crippen molar-refractivity contribution in [3.63, 3.8) is 0 Å². The van der Waals surface area contributed by atoms with Crippen LogP contribution in [0.3, 0.4) is 0 Å². The van der Waals surface area contributed by atoms with E-state index in [1.54, 1.807) is 0 Å². The molecular formula is C22H26N4. The fourth-order valence-electron chi connectivity index (χ4n) is 3.73. The molecule has 2 aromatic carbocycles. The van der Waals surface area contributed by atoms with Crippen molar-refractivity contribution >= 4 is 22.1 Å². The van der Waals surface area contributed by atoms with Gasteiger partial charge in [-0.05, 0) is 66.6 Å². The van der Waals surface area contributed by atoms with Gasteiger partial charge < -0.3 is 9.97 Å². The van der Waals surface area contributed by atoms with E-state index in [9.17, 15) is 0 Å². The molecule has 4 aromatic rings. The van der Waals surface area contributed by atoms with Crippen molar-refractivity contribution in [3.8, 4) is 0 Å². The summed E-state index contributed by atoms with van der Waals surface area (Å²) in [6.07, 6.45) is 3.02. The topological polar surface area (TPSA) is 57.4 Å². The highest BCUT2D eigenvalue weighted by molar-refractivity contribution is 5.78. The molecule has 0 saturated heterocycles. The lowest BCUT2D eigenvalue weighted by Crippen LogP contribution is -1.98. The van der Waals surface area contributed by atoms with Gasteiger partial charge in [0.25, 0.3) is 0 Å². The monoisotopic (exact) mass is 346 g/mol. The van der Waals surface area contributed by atoms with E-state index < -0.39 is 0 Å². The van der Waals surface area contributed by atoms with Crippen LogP contribution in [0.15, 0.2) is 30.3 Å². The number of hydrogen-bond donors (Lipinski definition) is 2. The summed E-state index contributed by atoms with van der Waals surface area (Å²) in [6, 6.07) is 11.1. The molecule has 4 nitrogen and oxygen atoms in total. The van der Waals surface area contributed by atoms with E-state index in [0.29, 0.717) is 5.92 Å². The molecule has 0 aliphatic heterocycles. The van der Waals surface area contributed by atoms with Crippen LogP contribution in [0.2, 0.25) is 0 Å². The fourth-order valence-corrected chi connectivity index (χ4v) is 3.73. The molecule has 0 aliphatic carbocycles. The first-order valence-corrected chi connectivity index (χ1v) is 9.50. The average Bonchev–Trinajstić information content (AvgIpc) is 3.15. The first kappa shape index (κ1) is 16.8. The predicted octanol–water partition coefficient (Wildman–Crippen LogP) is 5.41. The minimum Gasteiger partial charge on any atom is -0.342 e. The lowest BCUT2D eigenvalue weighted by molar-refractivity contribution is 0.850. The SMILES string of the molecule is CCCc1nc2cc(C(C)C)c(Cc3ccc4nc(C)[nH]c4c3)cc2[nH]1. The van der Waals surface area contributed by atoms with Gasteiger partial charge in [0.2, 0.25) is 0 Å². The van der Waals surface area contributed by atoms with Gasteiger partial charge in [0.1, 0.15) is 11.6 Å². The maximum atomic E-state index is 4.77. The molecule has 2 N–H and O–H groups in total. The second-order valence-electron chi connectivity index (χ2n) is 7.51. The number of imidazole rings is 2. The third kappa shape index (κ3) is 3.12. The molecule has 0 fully saturated rings. The molecule has 0 bridgehead atoms. The van der Waals surface area contributed by atoms with Gasteiger partial charge >= 0.3 is 0 Å². The zero-order valence-electron chi connectivity index (χ0n) is 16.0. The summed E-state index contributed by atoms with van der Waals surface area (Å²) < 4.78 is 0. The zero-order valence-corrected chi connectivity index (χ0v) is 16.0. The summed E-state index contributed by atoms with van der Waals surface area (Å²) in [7, 11) is 0. The lowest BCUT2D eigenvalue weighted by Gasteiger charge is -2.13. The summed E-state index contributed by atoms with van der Waals surface area (Å²) in [5, 5.41) is 0. The average molecular weight is 346 g/mol. The Morgan fingerprint density at radius 2 is 1.77 bits per heavy atom. The number of rotatable bonds is 5. The molecule has 2 aromatic heterocycles. The summed E-state index contributed by atoms with van der Waals surface area (Å²) in [5.74, 6) is 2.52. The first-order valence-electron chi connectivity index (χ1n) is 9.50. The molecule has 0 radical (unpaired) electrons. The predicted molar refractivity (Wildman–Crippen MR) is 108 cm³/mol. The van der Waals surface area contributed by atoms with E-state index in [0.717, 1.165) is 53.0 Å². The summed E-state index contributed by atoms with van der Waals surface area (Å²) >= 11 is 0. The van der Waals surface area contributed by atoms with E-state index in [1.165, 1.54) is 16.7 Å². The van der Waals surface area contributed by atoms with Crippen molar-refractivity contribution < 1.29 is 0 Å². The van der Waals surface area contributed by atoms with Crippen LogP contribution in [0.4, 0.5) is 0 Å². The van der Waals surface area contributed by atoms with E-state index in [2.05, 4.69) is 66.1 Å². The maximum absolute atomic E-state index is 4.77. The minimum atomic E-state index is 0.471. The van der Waals surface area contributed by atoms with Crippen LogP contribution in [0.1, 0.15) is 61.4 Å². The Bertz CT molecular complexity index is 1070. The fraction of sp³-hybridized carbons (Fsp3) is 0.364. The van der Waals surface area contributed by atoms with Gasteiger partial charge in [-0.1, -0.05) is 26.8 Å². The Balaban J connectivity index is 1.75. The van der Waals surface area contributed by atoms with Gasteiger partial charge in [-0.15, -0.1) is 0 Å². The highest BCUT2D eigenvalue weighted by Crippen LogP contribution is 2.28. The molecule has 0 spiro atoms. The number of nitrogens with one attached hydrogen (secondary N) is 2. The van der Waals surface area contributed by atoms with Gasteiger partial charge in [-0.2, -0.15) is 0 Å². The second-order valence-corrected chi connectivity index (χ2v) is 7.51. The van der Waals surface area contributed by atoms with Gasteiger partial charge in [0.05, 0.1) is 22.1 Å². The van der Waals surface area contributed by atoms with Crippen LogP contribution in [-0.2, 0) is 12.8 Å². The number of H-pyrrole nitrogens is 2. The molecule has 0 unspecified atom stereocenters. The molecule has 0 atom stereocenters. The Kier molecular flexibility index (Phi) is 4.27. The third-order valence-corrected chi connectivity index (χ3v) is 4.96. The number of nitrogens with zero attached hydrogens (tertiary/aromatic N) is 2. The number of hydrogen-bond acceptors (Lipinski definition) is 2. The summed E-state index contributed by atoms with van der Waals surface area (Å²) in [5.41, 5.74) is 8.42. The smallest absolute Gasteiger partial charge is 0.107 e. The molecule has 26 heavy (non-hydrogen) atoms. The van der Waals surface area contributed by atoms with Crippen LogP contribution in [-0.4, -0.2) is 19.9 Å². The minimum absolute atomic E-state index is 0.471. The van der Waals surface area contributed by atoms with Crippen molar-refractivity contribution in [1.82, 2.24) is 19.9 Å². The van der Waals surface area contributed by atoms with Gasteiger partial charge in [-0.25, -0.2) is 9.97 Å². The summed E-state index contributed by atoms with van der Waals surface area (Å²) in [6.45, 7) is 8.69. The largest absolute Gasteiger partial charge is 0.342 e. The Morgan fingerprint density at radius 1 is 0.962 bits per heavy atom. The Morgan fingerprint density at radius 3 is 2.54 bits per heavy atom. The first-order chi connectivity index (χ1) is 12.5. The van der Waals surface area contributed by atoms with Crippen molar-refractivity contribution in [2.24, 2.45) is 0 Å². The molecule has 0 aliphatic rings. The van der Waals surface area contributed by atoms with Crippen LogP contribution in [0.25, 0.3) is 22.1 Å². The van der Waals surface area contributed by atoms with Crippen LogP contribution in [0.5, 0.6) is 0 Å². The van der Waals surface area contributed by atoms with Gasteiger partial charge in [0.15, 0.2) is 0 Å². The molecule has 4 rings (SSSR count). The highest BCUT2D eigenvalue weighted by Gasteiger charge is 2.13. The molecule has 0 saturated carbocycles. The zero-order chi connectivity index (χ0) is 18.3. The van der Waals surface area contributed by atoms with Crippen LogP contribution >= 0.6 is 0 Å². The molecular weight excluding hydrogens is 320 g/mol. The van der Waals surface area contributed by atoms with E-state index in [1.807, 2.05) is 6.92 Å². The molecule has 0 amide bonds. The number of aromatic amines is 2. The van der Waals surface area contributed by atoms with Crippen molar-refractivity contribution in [1.29, 1.82) is 0 Å². The molecule has 2 heterocycles.